The molecule has 0 spiro atoms. The summed E-state index contributed by atoms with van der Waals surface area (Å²) in [6.07, 6.45) is 6.92. The van der Waals surface area contributed by atoms with Crippen LogP contribution in [0.15, 0.2) is 48.8 Å². The number of pyridine rings is 1. The molecular weight excluding hydrogens is 340 g/mol. The van der Waals surface area contributed by atoms with Gasteiger partial charge in [-0.1, -0.05) is 18.6 Å². The summed E-state index contributed by atoms with van der Waals surface area (Å²) in [5.41, 5.74) is 8.35. The van der Waals surface area contributed by atoms with E-state index < -0.39 is 0 Å². The molecule has 1 heterocycles. The molecule has 3 rings (SSSR count). The van der Waals surface area contributed by atoms with Crippen LogP contribution in [0.2, 0.25) is 0 Å². The van der Waals surface area contributed by atoms with Crippen molar-refractivity contribution in [2.45, 2.75) is 38.3 Å². The van der Waals surface area contributed by atoms with Gasteiger partial charge in [-0.05, 0) is 49.1 Å². The van der Waals surface area contributed by atoms with Gasteiger partial charge in [0.1, 0.15) is 0 Å². The fourth-order valence-electron chi connectivity index (χ4n) is 3.44. The number of hydrogen-bond donors (Lipinski definition) is 2. The highest BCUT2D eigenvalue weighted by Gasteiger charge is 2.25. The Bertz CT molecular complexity index is 777. The van der Waals surface area contributed by atoms with Gasteiger partial charge in [-0.2, -0.15) is 0 Å². The van der Waals surface area contributed by atoms with Crippen molar-refractivity contribution in [1.29, 1.82) is 0 Å². The van der Waals surface area contributed by atoms with Crippen LogP contribution >= 0.6 is 0 Å². The fraction of sp³-hybridized carbons (Fsp3) is 0.381. The van der Waals surface area contributed by atoms with E-state index >= 15 is 0 Å². The molecule has 1 aliphatic carbocycles. The lowest BCUT2D eigenvalue weighted by molar-refractivity contribution is -0.126. The first-order chi connectivity index (χ1) is 13.0. The van der Waals surface area contributed by atoms with Gasteiger partial charge in [-0.25, -0.2) is 0 Å². The summed E-state index contributed by atoms with van der Waals surface area (Å²) in [4.78, 5) is 30.3. The second-order valence-electron chi connectivity index (χ2n) is 7.11. The van der Waals surface area contributed by atoms with Crippen LogP contribution in [0.3, 0.4) is 0 Å². The van der Waals surface area contributed by atoms with Crippen molar-refractivity contribution < 1.29 is 9.59 Å². The predicted molar refractivity (Wildman–Crippen MR) is 105 cm³/mol. The van der Waals surface area contributed by atoms with Gasteiger partial charge in [0.15, 0.2) is 0 Å². The molecule has 2 aromatic rings. The Morgan fingerprint density at radius 2 is 1.85 bits per heavy atom. The monoisotopic (exact) mass is 366 g/mol. The summed E-state index contributed by atoms with van der Waals surface area (Å²) in [7, 11) is 1.74. The number of hydrogen-bond acceptors (Lipinski definition) is 4. The molecule has 2 unspecified atom stereocenters. The molecule has 1 aromatic heterocycles. The first-order valence-electron chi connectivity index (χ1n) is 9.35. The second-order valence-corrected chi connectivity index (χ2v) is 7.11. The number of carbonyl (C=O) groups is 2. The Morgan fingerprint density at radius 3 is 2.52 bits per heavy atom. The maximum atomic E-state index is 12.5. The van der Waals surface area contributed by atoms with Gasteiger partial charge in [-0.3, -0.25) is 14.6 Å². The van der Waals surface area contributed by atoms with E-state index in [-0.39, 0.29) is 23.8 Å². The lowest BCUT2D eigenvalue weighted by Gasteiger charge is -2.25. The third-order valence-corrected chi connectivity index (χ3v) is 5.11. The van der Waals surface area contributed by atoms with Crippen molar-refractivity contribution in [3.8, 4) is 0 Å². The van der Waals surface area contributed by atoms with Gasteiger partial charge >= 0.3 is 0 Å². The van der Waals surface area contributed by atoms with E-state index in [9.17, 15) is 9.59 Å². The molecule has 6 nitrogen and oxygen atoms in total. The average molecular weight is 366 g/mol. The van der Waals surface area contributed by atoms with Crippen LogP contribution in [0, 0.1) is 5.92 Å². The third kappa shape index (κ3) is 4.92. The largest absolute Gasteiger partial charge is 0.352 e. The fourth-order valence-corrected chi connectivity index (χ4v) is 3.44. The Morgan fingerprint density at radius 1 is 1.15 bits per heavy atom. The predicted octanol–water partition coefficient (Wildman–Crippen LogP) is 2.49. The topological polar surface area (TPSA) is 88.3 Å². The maximum Gasteiger partial charge on any atom is 0.258 e. The number of anilines is 1. The Labute approximate surface area is 159 Å². The van der Waals surface area contributed by atoms with E-state index in [4.69, 9.17) is 5.73 Å². The van der Waals surface area contributed by atoms with E-state index in [1.165, 1.54) is 0 Å². The molecule has 6 heteroatoms. The van der Waals surface area contributed by atoms with Crippen molar-refractivity contribution in [3.05, 3.63) is 59.9 Å². The Hall–Kier alpha value is -2.73. The minimum atomic E-state index is -0.0907. The van der Waals surface area contributed by atoms with Crippen molar-refractivity contribution in [3.63, 3.8) is 0 Å². The zero-order chi connectivity index (χ0) is 19.2. The van der Waals surface area contributed by atoms with Gasteiger partial charge in [0.05, 0.1) is 0 Å². The van der Waals surface area contributed by atoms with Crippen LogP contribution in [0.4, 0.5) is 5.69 Å². The number of nitrogens with two attached hydrogens (primary N) is 1. The number of rotatable bonds is 5. The Kier molecular flexibility index (Phi) is 6.19. The highest BCUT2D eigenvalue weighted by Crippen LogP contribution is 2.23. The molecule has 3 N–H and O–H groups in total. The SMILES string of the molecule is CN(C(=O)c1ccncc1)c1ccc(CNC(=O)C2CCCC(N)C2)cc1. The molecule has 0 aliphatic heterocycles. The molecule has 0 radical (unpaired) electrons. The first-order valence-corrected chi connectivity index (χ1v) is 9.35. The number of nitrogens with one attached hydrogen (secondary N) is 1. The minimum absolute atomic E-state index is 0.0251. The smallest absolute Gasteiger partial charge is 0.258 e. The van der Waals surface area contributed by atoms with Gasteiger partial charge in [0.25, 0.3) is 5.91 Å². The number of nitrogens with zero attached hydrogens (tertiary/aromatic N) is 2. The molecule has 1 fully saturated rings. The Balaban J connectivity index is 1.55. The molecule has 0 saturated heterocycles. The summed E-state index contributed by atoms with van der Waals surface area (Å²) in [6, 6.07) is 11.2. The number of aromatic nitrogens is 1. The zero-order valence-electron chi connectivity index (χ0n) is 15.6. The minimum Gasteiger partial charge on any atom is -0.352 e. The van der Waals surface area contributed by atoms with E-state index in [0.717, 1.165) is 36.9 Å². The van der Waals surface area contributed by atoms with E-state index in [1.807, 2.05) is 24.3 Å². The highest BCUT2D eigenvalue weighted by molar-refractivity contribution is 6.05. The van der Waals surface area contributed by atoms with Crippen LogP contribution < -0.4 is 16.0 Å². The van der Waals surface area contributed by atoms with Crippen LogP contribution in [-0.2, 0) is 11.3 Å². The summed E-state index contributed by atoms with van der Waals surface area (Å²) in [5.74, 6) is 0.0171. The van der Waals surface area contributed by atoms with Crippen LogP contribution in [0.5, 0.6) is 0 Å². The molecular formula is C21H26N4O2. The van der Waals surface area contributed by atoms with Crippen LogP contribution in [-0.4, -0.2) is 29.9 Å². The standard InChI is InChI=1S/C21H26N4O2/c1-25(21(27)16-9-11-23-12-10-16)19-7-5-15(6-8-19)14-24-20(26)17-3-2-4-18(22)13-17/h5-12,17-18H,2-4,13-14,22H2,1H3,(H,24,26). The molecule has 2 atom stereocenters. The lowest BCUT2D eigenvalue weighted by Crippen LogP contribution is -2.37. The van der Waals surface area contributed by atoms with Crippen LogP contribution in [0.1, 0.15) is 41.6 Å². The second kappa shape index (κ2) is 8.77. The van der Waals surface area contributed by atoms with Crippen molar-refractivity contribution in [1.82, 2.24) is 10.3 Å². The van der Waals surface area contributed by atoms with E-state index in [2.05, 4.69) is 10.3 Å². The molecule has 27 heavy (non-hydrogen) atoms. The molecule has 142 valence electrons. The van der Waals surface area contributed by atoms with Crippen molar-refractivity contribution in [2.24, 2.45) is 11.7 Å². The van der Waals surface area contributed by atoms with Gasteiger partial charge in [-0.15, -0.1) is 0 Å². The number of amides is 2. The summed E-state index contributed by atoms with van der Waals surface area (Å²) < 4.78 is 0. The summed E-state index contributed by atoms with van der Waals surface area (Å²) >= 11 is 0. The quantitative estimate of drug-likeness (QED) is 0.851. The molecule has 0 bridgehead atoms. The van der Waals surface area contributed by atoms with Crippen molar-refractivity contribution >= 4 is 17.5 Å². The van der Waals surface area contributed by atoms with Crippen LogP contribution in [0.25, 0.3) is 0 Å². The van der Waals surface area contributed by atoms with Crippen molar-refractivity contribution in [2.75, 3.05) is 11.9 Å². The molecule has 1 aliphatic rings. The van der Waals surface area contributed by atoms with E-state index in [1.54, 1.807) is 36.5 Å². The number of benzene rings is 1. The zero-order valence-corrected chi connectivity index (χ0v) is 15.6. The lowest BCUT2D eigenvalue weighted by atomic mass is 9.85. The van der Waals surface area contributed by atoms with E-state index in [0.29, 0.717) is 12.1 Å². The maximum absolute atomic E-state index is 12.5. The highest BCUT2D eigenvalue weighted by atomic mass is 16.2. The van der Waals surface area contributed by atoms with Gasteiger partial charge in [0.2, 0.25) is 5.91 Å². The normalized spacial score (nSPS) is 19.3. The molecule has 1 aromatic carbocycles. The molecule has 1 saturated carbocycles. The average Bonchev–Trinajstić information content (AvgIpc) is 2.72. The summed E-state index contributed by atoms with van der Waals surface area (Å²) in [6.45, 7) is 0.479. The number of carbonyl (C=O) groups excluding carboxylic acids is 2. The van der Waals surface area contributed by atoms with Gasteiger partial charge in [0, 0.05) is 49.2 Å². The summed E-state index contributed by atoms with van der Waals surface area (Å²) in [5, 5.41) is 3.00. The van der Waals surface area contributed by atoms with Gasteiger partial charge < -0.3 is 16.0 Å². The molecule has 2 amide bonds. The third-order valence-electron chi connectivity index (χ3n) is 5.11. The first kappa shape index (κ1) is 19.0.